The van der Waals surface area contributed by atoms with Gasteiger partial charge in [0.1, 0.15) is 11.9 Å². The topological polar surface area (TPSA) is 138 Å². The summed E-state index contributed by atoms with van der Waals surface area (Å²) in [4.78, 5) is 36.3. The lowest BCUT2D eigenvalue weighted by Gasteiger charge is -2.10. The average Bonchev–Trinajstić information content (AvgIpc) is 3.28. The predicted octanol–water partition coefficient (Wildman–Crippen LogP) is 4.39. The Bertz CT molecular complexity index is 1760. The number of benzene rings is 2. The number of carbonyl (C=O) groups is 2. The molecular formula is C27H18ClFN6O2. The van der Waals surface area contributed by atoms with Gasteiger partial charge in [-0.25, -0.2) is 4.39 Å². The van der Waals surface area contributed by atoms with Gasteiger partial charge in [-0.2, -0.15) is 5.26 Å². The monoisotopic (exact) mass is 512 g/mol. The second kappa shape index (κ2) is 9.68. The van der Waals surface area contributed by atoms with Gasteiger partial charge in [0.2, 0.25) is 0 Å². The van der Waals surface area contributed by atoms with E-state index < -0.39 is 17.6 Å². The van der Waals surface area contributed by atoms with Crippen LogP contribution in [0.4, 0.5) is 4.39 Å². The van der Waals surface area contributed by atoms with E-state index >= 15 is 0 Å². The molecule has 8 nitrogen and oxygen atoms in total. The average molecular weight is 513 g/mol. The van der Waals surface area contributed by atoms with Crippen LogP contribution in [0.2, 0.25) is 5.02 Å². The van der Waals surface area contributed by atoms with Crippen molar-refractivity contribution in [3.8, 4) is 6.07 Å². The van der Waals surface area contributed by atoms with Crippen molar-refractivity contribution in [3.63, 3.8) is 0 Å². The third-order valence-electron chi connectivity index (χ3n) is 5.96. The fourth-order valence-electron chi connectivity index (χ4n) is 4.19. The molecule has 2 aromatic carbocycles. The van der Waals surface area contributed by atoms with Crippen LogP contribution in [0.3, 0.4) is 0 Å². The Morgan fingerprint density at radius 3 is 2.78 bits per heavy atom. The number of carbonyl (C=O) groups excluding carboxylic acids is 2. The molecule has 0 saturated heterocycles. The van der Waals surface area contributed by atoms with E-state index in [0.717, 1.165) is 0 Å². The van der Waals surface area contributed by atoms with Crippen LogP contribution in [-0.2, 0) is 13.0 Å². The highest BCUT2D eigenvalue weighted by molar-refractivity contribution is 6.35. The number of rotatable bonds is 6. The van der Waals surface area contributed by atoms with Crippen molar-refractivity contribution in [3.05, 3.63) is 105 Å². The highest BCUT2D eigenvalue weighted by Crippen LogP contribution is 2.28. The lowest BCUT2D eigenvalue weighted by Crippen LogP contribution is -2.23. The molecule has 0 aliphatic rings. The first-order chi connectivity index (χ1) is 17.8. The second-order valence-corrected chi connectivity index (χ2v) is 8.82. The van der Waals surface area contributed by atoms with Crippen molar-refractivity contribution in [2.45, 2.75) is 13.0 Å². The summed E-state index contributed by atoms with van der Waals surface area (Å²) < 4.78 is 14.8. The normalized spacial score (nSPS) is 10.9. The molecule has 2 amide bonds. The number of H-pyrrole nitrogens is 1. The van der Waals surface area contributed by atoms with Gasteiger partial charge in [-0.3, -0.25) is 19.6 Å². The van der Waals surface area contributed by atoms with Crippen LogP contribution in [0.15, 0.2) is 61.1 Å². The Labute approximate surface area is 214 Å². The second-order valence-electron chi connectivity index (χ2n) is 8.41. The number of nitrogens with two attached hydrogens (primary N) is 1. The van der Waals surface area contributed by atoms with Gasteiger partial charge in [0.25, 0.3) is 11.8 Å². The molecule has 5 rings (SSSR count). The van der Waals surface area contributed by atoms with Gasteiger partial charge < -0.3 is 16.0 Å². The number of pyridine rings is 2. The molecule has 10 heteroatoms. The standard InChI is InChI=1S/C27H18ClFN6O2/c28-21-13-33-22-2-1-17(24(29)23(21)22)12-35-27(37)16-3-4-32-19(9-16)7-14-5-18-6-15(10-30)11-34-25(18)20(8-14)26(31)36/h1-6,8-9,11,13,33H,7,12H2,(H2,31,36)(H,35,37). The molecule has 0 spiro atoms. The van der Waals surface area contributed by atoms with Crippen molar-refractivity contribution in [2.75, 3.05) is 0 Å². The van der Waals surface area contributed by atoms with Crippen LogP contribution in [-0.4, -0.2) is 26.8 Å². The van der Waals surface area contributed by atoms with E-state index in [2.05, 4.69) is 20.3 Å². The van der Waals surface area contributed by atoms with Gasteiger partial charge in [-0.1, -0.05) is 17.7 Å². The third-order valence-corrected chi connectivity index (χ3v) is 6.25. The highest BCUT2D eigenvalue weighted by atomic mass is 35.5. The number of hydrogen-bond donors (Lipinski definition) is 3. The van der Waals surface area contributed by atoms with Crippen LogP contribution in [0.25, 0.3) is 21.8 Å². The molecule has 5 aromatic rings. The molecule has 3 heterocycles. The Balaban J connectivity index is 1.37. The molecule has 0 aliphatic carbocycles. The summed E-state index contributed by atoms with van der Waals surface area (Å²) in [6.07, 6.45) is 4.69. The summed E-state index contributed by atoms with van der Waals surface area (Å²) in [7, 11) is 0. The van der Waals surface area contributed by atoms with Gasteiger partial charge in [0.05, 0.1) is 27.1 Å². The number of halogens is 2. The Morgan fingerprint density at radius 2 is 2.00 bits per heavy atom. The van der Waals surface area contributed by atoms with Crippen molar-refractivity contribution in [1.82, 2.24) is 20.3 Å². The van der Waals surface area contributed by atoms with Crippen LogP contribution in [0.1, 0.15) is 43.1 Å². The van der Waals surface area contributed by atoms with Crippen LogP contribution in [0.5, 0.6) is 0 Å². The first kappa shape index (κ1) is 23.9. The van der Waals surface area contributed by atoms with Gasteiger partial charge in [0, 0.05) is 59.3 Å². The van der Waals surface area contributed by atoms with E-state index in [4.69, 9.17) is 17.3 Å². The first-order valence-corrected chi connectivity index (χ1v) is 11.5. The van der Waals surface area contributed by atoms with E-state index in [-0.39, 0.29) is 22.5 Å². The maximum atomic E-state index is 14.8. The lowest BCUT2D eigenvalue weighted by molar-refractivity contribution is 0.0949. The number of nitriles is 1. The van der Waals surface area contributed by atoms with Gasteiger partial charge >= 0.3 is 0 Å². The maximum Gasteiger partial charge on any atom is 0.251 e. The summed E-state index contributed by atoms with van der Waals surface area (Å²) in [6, 6.07) is 13.6. The molecule has 0 saturated carbocycles. The Hall–Kier alpha value is -4.81. The summed E-state index contributed by atoms with van der Waals surface area (Å²) in [5, 5.41) is 13.1. The van der Waals surface area contributed by atoms with Gasteiger partial charge in [0.15, 0.2) is 0 Å². The van der Waals surface area contributed by atoms with Crippen molar-refractivity contribution in [1.29, 1.82) is 5.26 Å². The number of aromatic amines is 1. The molecule has 182 valence electrons. The van der Waals surface area contributed by atoms with Gasteiger partial charge in [-0.15, -0.1) is 0 Å². The van der Waals surface area contributed by atoms with Crippen molar-refractivity contribution in [2.24, 2.45) is 5.73 Å². The third kappa shape index (κ3) is 4.70. The molecule has 0 fully saturated rings. The number of amides is 2. The maximum absolute atomic E-state index is 14.8. The molecule has 0 radical (unpaired) electrons. The van der Waals surface area contributed by atoms with E-state index in [1.807, 2.05) is 6.07 Å². The molecule has 0 aliphatic heterocycles. The summed E-state index contributed by atoms with van der Waals surface area (Å²) in [6.45, 7) is -0.0271. The van der Waals surface area contributed by atoms with Crippen LogP contribution >= 0.6 is 11.6 Å². The van der Waals surface area contributed by atoms with E-state index in [9.17, 15) is 19.2 Å². The molecule has 0 atom stereocenters. The fraction of sp³-hybridized carbons (Fsp3) is 0.0741. The number of nitrogens with one attached hydrogen (secondary N) is 2. The number of nitrogens with zero attached hydrogens (tertiary/aromatic N) is 3. The molecular weight excluding hydrogens is 495 g/mol. The van der Waals surface area contributed by atoms with Crippen molar-refractivity contribution >= 4 is 45.2 Å². The summed E-state index contributed by atoms with van der Waals surface area (Å²) in [5.74, 6) is -1.53. The molecule has 3 aromatic heterocycles. The van der Waals surface area contributed by atoms with E-state index in [1.165, 1.54) is 18.6 Å². The number of fused-ring (bicyclic) bond motifs is 2. The summed E-state index contributed by atoms with van der Waals surface area (Å²) >= 11 is 6.06. The quantitative estimate of drug-likeness (QED) is 0.309. The largest absolute Gasteiger partial charge is 0.366 e. The van der Waals surface area contributed by atoms with E-state index in [1.54, 1.807) is 42.5 Å². The highest BCUT2D eigenvalue weighted by Gasteiger charge is 2.15. The minimum absolute atomic E-state index is 0.0271. The number of hydrogen-bond acceptors (Lipinski definition) is 5. The molecule has 4 N–H and O–H groups in total. The number of aromatic nitrogens is 3. The summed E-state index contributed by atoms with van der Waals surface area (Å²) in [5.41, 5.74) is 9.04. The van der Waals surface area contributed by atoms with Gasteiger partial charge in [-0.05, 0) is 42.0 Å². The van der Waals surface area contributed by atoms with E-state index in [0.29, 0.717) is 50.8 Å². The predicted molar refractivity (Wildman–Crippen MR) is 136 cm³/mol. The zero-order chi connectivity index (χ0) is 26.1. The first-order valence-electron chi connectivity index (χ1n) is 11.1. The fourth-order valence-corrected chi connectivity index (χ4v) is 4.43. The minimum Gasteiger partial charge on any atom is -0.366 e. The van der Waals surface area contributed by atoms with Crippen LogP contribution < -0.4 is 11.1 Å². The molecule has 0 bridgehead atoms. The van der Waals surface area contributed by atoms with Crippen LogP contribution in [0, 0.1) is 17.1 Å². The smallest absolute Gasteiger partial charge is 0.251 e. The zero-order valence-electron chi connectivity index (χ0n) is 19.2. The molecule has 37 heavy (non-hydrogen) atoms. The minimum atomic E-state index is -0.642. The Morgan fingerprint density at radius 1 is 1.16 bits per heavy atom. The Kier molecular flexibility index (Phi) is 6.26. The zero-order valence-corrected chi connectivity index (χ0v) is 19.9. The lowest BCUT2D eigenvalue weighted by atomic mass is 10.00. The molecule has 0 unspecified atom stereocenters. The number of primary amides is 1. The SMILES string of the molecule is N#Cc1cnc2c(C(N)=O)cc(Cc3cc(C(=O)NCc4ccc5[nH]cc(Cl)c5c4F)ccn3)cc2c1. The van der Waals surface area contributed by atoms with Crippen molar-refractivity contribution < 1.29 is 14.0 Å².